The highest BCUT2D eigenvalue weighted by Gasteiger charge is 2.22. The van der Waals surface area contributed by atoms with E-state index >= 15 is 0 Å². The topological polar surface area (TPSA) is 60.9 Å². The summed E-state index contributed by atoms with van der Waals surface area (Å²) in [5, 5.41) is 8.82. The molecule has 6 heteroatoms. The molecule has 102 valence electrons. The minimum absolute atomic E-state index is 0.0798. The average molecular weight is 266 g/mol. The molecule has 5 nitrogen and oxygen atoms in total. The molecular formula is C13H15FN2O3. The summed E-state index contributed by atoms with van der Waals surface area (Å²) in [7, 11) is 0. The summed E-state index contributed by atoms with van der Waals surface area (Å²) in [6, 6.07) is 5.45. The number of carboxylic acid groups (broad SMARTS) is 1. The summed E-state index contributed by atoms with van der Waals surface area (Å²) in [5.41, 5.74) is 0.474. The maximum Gasteiger partial charge on any atom is 0.407 e. The molecule has 0 aliphatic carbocycles. The highest BCUT2D eigenvalue weighted by atomic mass is 19.1. The van der Waals surface area contributed by atoms with Crippen LogP contribution in [0.25, 0.3) is 0 Å². The van der Waals surface area contributed by atoms with Gasteiger partial charge in [-0.1, -0.05) is 0 Å². The van der Waals surface area contributed by atoms with Gasteiger partial charge in [0.05, 0.1) is 6.54 Å². The molecule has 0 aromatic heterocycles. The van der Waals surface area contributed by atoms with Crippen LogP contribution in [0.5, 0.6) is 0 Å². The number of benzene rings is 1. The van der Waals surface area contributed by atoms with Gasteiger partial charge in [0.2, 0.25) is 0 Å². The van der Waals surface area contributed by atoms with Crippen LogP contribution in [0.3, 0.4) is 0 Å². The second kappa shape index (κ2) is 5.79. The number of hydrogen-bond acceptors (Lipinski definition) is 3. The summed E-state index contributed by atoms with van der Waals surface area (Å²) < 4.78 is 12.7. The molecule has 0 atom stereocenters. The zero-order valence-corrected chi connectivity index (χ0v) is 10.4. The highest BCUT2D eigenvalue weighted by Crippen LogP contribution is 2.07. The molecule has 1 aliphatic heterocycles. The molecule has 1 N–H and O–H groups in total. The van der Waals surface area contributed by atoms with E-state index < -0.39 is 6.09 Å². The lowest BCUT2D eigenvalue weighted by atomic mass is 10.1. The van der Waals surface area contributed by atoms with E-state index in [1.54, 1.807) is 0 Å². The van der Waals surface area contributed by atoms with Crippen molar-refractivity contribution in [3.8, 4) is 0 Å². The third-order valence-corrected chi connectivity index (χ3v) is 3.18. The molecule has 0 radical (unpaired) electrons. The summed E-state index contributed by atoms with van der Waals surface area (Å²) in [5.74, 6) is -0.449. The Morgan fingerprint density at radius 2 is 1.68 bits per heavy atom. The van der Waals surface area contributed by atoms with Gasteiger partial charge >= 0.3 is 6.09 Å². The number of Topliss-reactive ketones (excluding diaryl/α,β-unsaturated/α-hetero) is 1. The molecule has 1 fully saturated rings. The molecule has 1 saturated heterocycles. The summed E-state index contributed by atoms with van der Waals surface area (Å²) in [4.78, 5) is 25.9. The molecule has 19 heavy (non-hydrogen) atoms. The summed E-state index contributed by atoms with van der Waals surface area (Å²) in [6.45, 7) is 2.13. The number of hydrogen-bond donors (Lipinski definition) is 1. The van der Waals surface area contributed by atoms with Crippen molar-refractivity contribution >= 4 is 11.9 Å². The molecule has 1 heterocycles. The average Bonchev–Trinajstić information content (AvgIpc) is 2.40. The van der Waals surface area contributed by atoms with Gasteiger partial charge in [-0.3, -0.25) is 9.69 Å². The minimum Gasteiger partial charge on any atom is -0.465 e. The van der Waals surface area contributed by atoms with Crippen LogP contribution in [0.1, 0.15) is 10.4 Å². The number of nitrogens with zero attached hydrogens (tertiary/aromatic N) is 2. The molecule has 1 amide bonds. The Labute approximate surface area is 110 Å². The molecule has 0 spiro atoms. The number of ketones is 1. The van der Waals surface area contributed by atoms with Crippen molar-refractivity contribution in [2.45, 2.75) is 0 Å². The Hall–Kier alpha value is -1.95. The molecule has 0 bridgehead atoms. The molecule has 1 aromatic rings. The van der Waals surface area contributed by atoms with Crippen molar-refractivity contribution in [2.75, 3.05) is 32.7 Å². The van der Waals surface area contributed by atoms with E-state index in [-0.39, 0.29) is 18.1 Å². The predicted octanol–water partition coefficient (Wildman–Crippen LogP) is 1.30. The van der Waals surface area contributed by atoms with Crippen LogP contribution < -0.4 is 0 Å². The van der Waals surface area contributed by atoms with Crippen molar-refractivity contribution in [2.24, 2.45) is 0 Å². The third-order valence-electron chi connectivity index (χ3n) is 3.18. The number of amides is 1. The number of piperazine rings is 1. The molecule has 0 unspecified atom stereocenters. The first kappa shape index (κ1) is 13.5. The second-order valence-corrected chi connectivity index (χ2v) is 4.48. The van der Waals surface area contributed by atoms with E-state index in [0.29, 0.717) is 31.7 Å². The fraction of sp³-hybridized carbons (Fsp3) is 0.385. The van der Waals surface area contributed by atoms with Gasteiger partial charge in [-0.2, -0.15) is 0 Å². The van der Waals surface area contributed by atoms with E-state index in [4.69, 9.17) is 5.11 Å². The minimum atomic E-state index is -0.926. The fourth-order valence-electron chi connectivity index (χ4n) is 2.03. The van der Waals surface area contributed by atoms with E-state index in [1.165, 1.54) is 29.2 Å². The quantitative estimate of drug-likeness (QED) is 0.838. The van der Waals surface area contributed by atoms with Gasteiger partial charge in [-0.25, -0.2) is 9.18 Å². The van der Waals surface area contributed by atoms with E-state index in [0.717, 1.165) is 0 Å². The standard InChI is InChI=1S/C13H15FN2O3/c14-11-3-1-10(2-4-11)12(17)9-15-5-7-16(8-6-15)13(18)19/h1-4H,5-9H2,(H,18,19). The van der Waals surface area contributed by atoms with Gasteiger partial charge in [-0.05, 0) is 24.3 Å². The molecule has 1 aliphatic rings. The Morgan fingerprint density at radius 3 is 2.21 bits per heavy atom. The Kier molecular flexibility index (Phi) is 4.11. The fourth-order valence-corrected chi connectivity index (χ4v) is 2.03. The Bertz CT molecular complexity index is 467. The third kappa shape index (κ3) is 3.51. The molecular weight excluding hydrogens is 251 g/mol. The number of carbonyl (C=O) groups is 2. The Morgan fingerprint density at radius 1 is 1.11 bits per heavy atom. The van der Waals surface area contributed by atoms with Gasteiger partial charge in [0.15, 0.2) is 5.78 Å². The first-order valence-corrected chi connectivity index (χ1v) is 6.05. The maximum absolute atomic E-state index is 12.7. The zero-order chi connectivity index (χ0) is 13.8. The van der Waals surface area contributed by atoms with Crippen LogP contribution in [0.15, 0.2) is 24.3 Å². The van der Waals surface area contributed by atoms with Crippen LogP contribution in [0.2, 0.25) is 0 Å². The van der Waals surface area contributed by atoms with Gasteiger partial charge in [0.25, 0.3) is 0 Å². The van der Waals surface area contributed by atoms with E-state index in [2.05, 4.69) is 0 Å². The summed E-state index contributed by atoms with van der Waals surface area (Å²) >= 11 is 0. The van der Waals surface area contributed by atoms with Crippen molar-refractivity contribution in [1.29, 1.82) is 0 Å². The van der Waals surface area contributed by atoms with Crippen molar-refractivity contribution in [1.82, 2.24) is 9.80 Å². The lowest BCUT2D eigenvalue weighted by Gasteiger charge is -2.32. The van der Waals surface area contributed by atoms with Gasteiger partial charge < -0.3 is 10.0 Å². The lowest BCUT2D eigenvalue weighted by Crippen LogP contribution is -2.49. The van der Waals surface area contributed by atoms with E-state index in [9.17, 15) is 14.0 Å². The second-order valence-electron chi connectivity index (χ2n) is 4.48. The van der Waals surface area contributed by atoms with Gasteiger partial charge in [-0.15, -0.1) is 0 Å². The van der Waals surface area contributed by atoms with Crippen molar-refractivity contribution in [3.05, 3.63) is 35.6 Å². The van der Waals surface area contributed by atoms with Crippen molar-refractivity contribution in [3.63, 3.8) is 0 Å². The van der Waals surface area contributed by atoms with Crippen LogP contribution in [-0.4, -0.2) is 59.5 Å². The molecule has 1 aromatic carbocycles. The van der Waals surface area contributed by atoms with Gasteiger partial charge in [0, 0.05) is 31.7 Å². The van der Waals surface area contributed by atoms with E-state index in [1.807, 2.05) is 4.90 Å². The largest absolute Gasteiger partial charge is 0.465 e. The zero-order valence-electron chi connectivity index (χ0n) is 10.4. The highest BCUT2D eigenvalue weighted by molar-refractivity contribution is 5.97. The molecule has 0 saturated carbocycles. The predicted molar refractivity (Wildman–Crippen MR) is 66.8 cm³/mol. The first-order chi connectivity index (χ1) is 9.06. The Balaban J connectivity index is 1.87. The normalized spacial score (nSPS) is 16.4. The van der Waals surface area contributed by atoms with Crippen LogP contribution >= 0.6 is 0 Å². The first-order valence-electron chi connectivity index (χ1n) is 6.05. The molecule has 2 rings (SSSR count). The number of carbonyl (C=O) groups excluding carboxylic acids is 1. The SMILES string of the molecule is O=C(CN1CCN(C(=O)O)CC1)c1ccc(F)cc1. The summed E-state index contributed by atoms with van der Waals surface area (Å²) in [6.07, 6.45) is -0.926. The number of halogens is 1. The number of rotatable bonds is 3. The lowest BCUT2D eigenvalue weighted by molar-refractivity contribution is 0.0835. The van der Waals surface area contributed by atoms with Gasteiger partial charge in [0.1, 0.15) is 5.82 Å². The van der Waals surface area contributed by atoms with Crippen LogP contribution in [0, 0.1) is 5.82 Å². The van der Waals surface area contributed by atoms with Crippen LogP contribution in [0.4, 0.5) is 9.18 Å². The smallest absolute Gasteiger partial charge is 0.407 e. The van der Waals surface area contributed by atoms with Crippen molar-refractivity contribution < 1.29 is 19.1 Å². The monoisotopic (exact) mass is 266 g/mol. The van der Waals surface area contributed by atoms with Crippen LogP contribution in [-0.2, 0) is 0 Å². The maximum atomic E-state index is 12.7.